The smallest absolute Gasteiger partial charge is 0.252 e. The first-order valence-electron chi connectivity index (χ1n) is 8.01. The van der Waals surface area contributed by atoms with Crippen LogP contribution in [0.25, 0.3) is 11.1 Å². The molecule has 26 heavy (non-hydrogen) atoms. The number of hydrogen-bond donors (Lipinski definition) is 2. The van der Waals surface area contributed by atoms with Gasteiger partial charge in [0.05, 0.1) is 18.8 Å². The van der Waals surface area contributed by atoms with Crippen LogP contribution < -0.4 is 10.1 Å². The Hall–Kier alpha value is -2.15. The summed E-state index contributed by atoms with van der Waals surface area (Å²) >= 11 is 5.01. The number of methoxy groups -OCH3 is 1. The van der Waals surface area contributed by atoms with E-state index in [0.717, 1.165) is 16.7 Å². The van der Waals surface area contributed by atoms with Crippen LogP contribution in [0.1, 0.15) is 22.0 Å². The number of aliphatic hydroxyl groups is 1. The molecule has 0 spiro atoms. The van der Waals surface area contributed by atoms with Crippen molar-refractivity contribution in [3.05, 3.63) is 74.9 Å². The van der Waals surface area contributed by atoms with Crippen molar-refractivity contribution in [1.82, 2.24) is 5.32 Å². The molecule has 0 saturated carbocycles. The fourth-order valence-electron chi connectivity index (χ4n) is 2.53. The maximum absolute atomic E-state index is 12.4. The van der Waals surface area contributed by atoms with Crippen LogP contribution in [0.2, 0.25) is 0 Å². The highest BCUT2D eigenvalue weighted by Crippen LogP contribution is 2.25. The SMILES string of the molecule is COc1ccc(Br)c(C(=O)NC[C@H](O)c2ccc(-c3ccsc3)cc2)c1. The van der Waals surface area contributed by atoms with E-state index in [4.69, 9.17) is 4.74 Å². The van der Waals surface area contributed by atoms with E-state index in [9.17, 15) is 9.90 Å². The fraction of sp³-hybridized carbons (Fsp3) is 0.150. The van der Waals surface area contributed by atoms with Crippen LogP contribution in [0.5, 0.6) is 5.75 Å². The molecular weight excluding hydrogens is 414 g/mol. The average molecular weight is 432 g/mol. The number of thiophene rings is 1. The molecule has 3 rings (SSSR count). The molecule has 0 aliphatic heterocycles. The third-order valence-electron chi connectivity index (χ3n) is 4.02. The van der Waals surface area contributed by atoms with Gasteiger partial charge in [-0.25, -0.2) is 0 Å². The number of rotatable bonds is 6. The maximum Gasteiger partial charge on any atom is 0.252 e. The van der Waals surface area contributed by atoms with Gasteiger partial charge in [-0.15, -0.1) is 0 Å². The molecular formula is C20H18BrNO3S. The number of nitrogens with one attached hydrogen (secondary N) is 1. The van der Waals surface area contributed by atoms with E-state index >= 15 is 0 Å². The zero-order valence-electron chi connectivity index (χ0n) is 14.1. The number of carbonyl (C=O) groups is 1. The van der Waals surface area contributed by atoms with E-state index in [1.807, 2.05) is 29.6 Å². The average Bonchev–Trinajstić information content (AvgIpc) is 3.21. The Labute approximate surface area is 164 Å². The number of amides is 1. The molecule has 0 radical (unpaired) electrons. The lowest BCUT2D eigenvalue weighted by atomic mass is 10.0. The number of ether oxygens (including phenoxy) is 1. The molecule has 0 unspecified atom stereocenters. The Morgan fingerprint density at radius 3 is 2.62 bits per heavy atom. The molecule has 2 N–H and O–H groups in total. The highest BCUT2D eigenvalue weighted by atomic mass is 79.9. The molecule has 0 fully saturated rings. The summed E-state index contributed by atoms with van der Waals surface area (Å²) in [6, 6.07) is 14.9. The molecule has 0 aliphatic rings. The second kappa shape index (κ2) is 8.49. The zero-order chi connectivity index (χ0) is 18.5. The number of halogens is 1. The van der Waals surface area contributed by atoms with Crippen molar-refractivity contribution in [2.24, 2.45) is 0 Å². The molecule has 4 nitrogen and oxygen atoms in total. The summed E-state index contributed by atoms with van der Waals surface area (Å²) in [5.74, 6) is 0.327. The molecule has 1 amide bonds. The highest BCUT2D eigenvalue weighted by Gasteiger charge is 2.14. The third kappa shape index (κ3) is 4.33. The summed E-state index contributed by atoms with van der Waals surface area (Å²) in [6.07, 6.45) is -0.778. The van der Waals surface area contributed by atoms with Gasteiger partial charge in [0.2, 0.25) is 0 Å². The molecule has 3 aromatic rings. The Morgan fingerprint density at radius 2 is 1.96 bits per heavy atom. The lowest BCUT2D eigenvalue weighted by molar-refractivity contribution is 0.0915. The van der Waals surface area contributed by atoms with Crippen molar-refractivity contribution < 1.29 is 14.6 Å². The standard InChI is InChI=1S/C20H18BrNO3S/c1-25-16-6-7-18(21)17(10-16)20(24)22-11-19(23)14-4-2-13(3-5-14)15-8-9-26-12-15/h2-10,12,19,23H,11H2,1H3,(H,22,24)/t19-/m0/s1. The van der Waals surface area contributed by atoms with Gasteiger partial charge >= 0.3 is 0 Å². The van der Waals surface area contributed by atoms with Gasteiger partial charge in [-0.2, -0.15) is 11.3 Å². The van der Waals surface area contributed by atoms with Crippen molar-refractivity contribution in [1.29, 1.82) is 0 Å². The van der Waals surface area contributed by atoms with E-state index in [1.54, 1.807) is 36.6 Å². The van der Waals surface area contributed by atoms with E-state index in [2.05, 4.69) is 32.7 Å². The maximum atomic E-state index is 12.4. The van der Waals surface area contributed by atoms with E-state index < -0.39 is 6.10 Å². The number of benzene rings is 2. The van der Waals surface area contributed by atoms with Crippen molar-refractivity contribution in [3.8, 4) is 16.9 Å². The van der Waals surface area contributed by atoms with Crippen LogP contribution in [0.15, 0.2) is 63.8 Å². The molecule has 2 aromatic carbocycles. The predicted octanol–water partition coefficient (Wildman–Crippen LogP) is 4.65. The molecule has 0 bridgehead atoms. The second-order valence-electron chi connectivity index (χ2n) is 5.71. The molecule has 6 heteroatoms. The topological polar surface area (TPSA) is 58.6 Å². The number of aliphatic hydroxyl groups excluding tert-OH is 1. The minimum absolute atomic E-state index is 0.125. The summed E-state index contributed by atoms with van der Waals surface area (Å²) in [5.41, 5.74) is 3.48. The van der Waals surface area contributed by atoms with Crippen molar-refractivity contribution in [2.45, 2.75) is 6.10 Å². The normalized spacial score (nSPS) is 11.8. The summed E-state index contributed by atoms with van der Waals surface area (Å²) in [6.45, 7) is 0.125. The van der Waals surface area contributed by atoms with E-state index in [1.165, 1.54) is 0 Å². The van der Waals surface area contributed by atoms with E-state index in [-0.39, 0.29) is 12.5 Å². The minimum atomic E-state index is -0.778. The van der Waals surface area contributed by atoms with Gasteiger partial charge in [0, 0.05) is 11.0 Å². The van der Waals surface area contributed by atoms with Gasteiger partial charge in [0.15, 0.2) is 0 Å². The van der Waals surface area contributed by atoms with Crippen molar-refractivity contribution in [2.75, 3.05) is 13.7 Å². The molecule has 0 saturated heterocycles. The molecule has 1 atom stereocenters. The Morgan fingerprint density at radius 1 is 1.19 bits per heavy atom. The Balaban J connectivity index is 1.63. The number of hydrogen-bond acceptors (Lipinski definition) is 4. The summed E-state index contributed by atoms with van der Waals surface area (Å²) < 4.78 is 5.82. The number of carbonyl (C=O) groups excluding carboxylic acids is 1. The van der Waals surface area contributed by atoms with Crippen molar-refractivity contribution in [3.63, 3.8) is 0 Å². The second-order valence-corrected chi connectivity index (χ2v) is 7.34. The summed E-state index contributed by atoms with van der Waals surface area (Å²) in [4.78, 5) is 12.4. The quantitative estimate of drug-likeness (QED) is 0.596. The first-order chi connectivity index (χ1) is 12.6. The first kappa shape index (κ1) is 18.6. The molecule has 0 aliphatic carbocycles. The largest absolute Gasteiger partial charge is 0.497 e. The zero-order valence-corrected chi connectivity index (χ0v) is 16.5. The predicted molar refractivity (Wildman–Crippen MR) is 108 cm³/mol. The minimum Gasteiger partial charge on any atom is -0.497 e. The van der Waals surface area contributed by atoms with Crippen LogP contribution in [0.3, 0.4) is 0 Å². The monoisotopic (exact) mass is 431 g/mol. The molecule has 1 aromatic heterocycles. The van der Waals surface area contributed by atoms with Crippen molar-refractivity contribution >= 4 is 33.2 Å². The lowest BCUT2D eigenvalue weighted by Crippen LogP contribution is -2.28. The summed E-state index contributed by atoms with van der Waals surface area (Å²) in [7, 11) is 1.55. The van der Waals surface area contributed by atoms with Crippen LogP contribution in [0, 0.1) is 0 Å². The fourth-order valence-corrected chi connectivity index (χ4v) is 3.63. The molecule has 134 valence electrons. The van der Waals surface area contributed by atoms with Gasteiger partial charge in [-0.1, -0.05) is 24.3 Å². The molecule has 1 heterocycles. The van der Waals surface area contributed by atoms with Gasteiger partial charge in [-0.05, 0) is 67.6 Å². The first-order valence-corrected chi connectivity index (χ1v) is 9.74. The lowest BCUT2D eigenvalue weighted by Gasteiger charge is -2.14. The Kier molecular flexibility index (Phi) is 6.08. The van der Waals surface area contributed by atoms with Crippen LogP contribution >= 0.6 is 27.3 Å². The van der Waals surface area contributed by atoms with Crippen LogP contribution in [0.4, 0.5) is 0 Å². The summed E-state index contributed by atoms with van der Waals surface area (Å²) in [5, 5.41) is 17.2. The van der Waals surface area contributed by atoms with Gasteiger partial charge in [-0.3, -0.25) is 4.79 Å². The van der Waals surface area contributed by atoms with Gasteiger partial charge in [0.25, 0.3) is 5.91 Å². The Bertz CT molecular complexity index is 879. The van der Waals surface area contributed by atoms with Gasteiger partial charge < -0.3 is 15.2 Å². The van der Waals surface area contributed by atoms with Crippen LogP contribution in [-0.2, 0) is 0 Å². The third-order valence-corrected chi connectivity index (χ3v) is 5.40. The van der Waals surface area contributed by atoms with Gasteiger partial charge in [0.1, 0.15) is 5.75 Å². The van der Waals surface area contributed by atoms with Crippen LogP contribution in [-0.4, -0.2) is 24.7 Å². The van der Waals surface area contributed by atoms with E-state index in [0.29, 0.717) is 15.8 Å². The highest BCUT2D eigenvalue weighted by molar-refractivity contribution is 9.10.